The highest BCUT2D eigenvalue weighted by Gasteiger charge is 2.76. The third kappa shape index (κ3) is 3.08. The average Bonchev–Trinajstić information content (AvgIpc) is 2.77. The van der Waals surface area contributed by atoms with Crippen molar-refractivity contribution in [1.29, 1.82) is 0 Å². The largest absolute Gasteiger partial charge is 0.426 e. The van der Waals surface area contributed by atoms with Gasteiger partial charge in [-0.2, -0.15) is 26.3 Å². The molecule has 22 heavy (non-hydrogen) atoms. The van der Waals surface area contributed by atoms with Crippen molar-refractivity contribution >= 4 is 0 Å². The second-order valence-corrected chi connectivity index (χ2v) is 5.50. The van der Waals surface area contributed by atoms with Gasteiger partial charge in [-0.25, -0.2) is 0 Å². The number of alkyl halides is 6. The Bertz CT molecular complexity index is 496. The SMILES string of the molecule is O[C@]1(CCc2ccccc2)COC(C(F)(F)F)(C(F)(F)F)C1. The number of hydrogen-bond donors (Lipinski definition) is 1. The quantitative estimate of drug-likeness (QED) is 0.859. The predicted molar refractivity (Wildman–Crippen MR) is 65.1 cm³/mol. The summed E-state index contributed by atoms with van der Waals surface area (Å²) in [5.41, 5.74) is -5.75. The molecule has 0 aromatic heterocycles. The van der Waals surface area contributed by atoms with Crippen LogP contribution in [0.3, 0.4) is 0 Å². The van der Waals surface area contributed by atoms with Crippen LogP contribution in [0.15, 0.2) is 30.3 Å². The Balaban J connectivity index is 2.15. The van der Waals surface area contributed by atoms with Crippen LogP contribution in [-0.2, 0) is 11.2 Å². The lowest BCUT2D eigenvalue weighted by molar-refractivity contribution is -0.368. The molecule has 0 radical (unpaired) electrons. The molecule has 1 aromatic carbocycles. The molecular weight excluding hydrogens is 314 g/mol. The van der Waals surface area contributed by atoms with E-state index in [4.69, 9.17) is 0 Å². The lowest BCUT2D eigenvalue weighted by Crippen LogP contribution is -2.57. The summed E-state index contributed by atoms with van der Waals surface area (Å²) in [7, 11) is 0. The maximum atomic E-state index is 12.9. The van der Waals surface area contributed by atoms with E-state index in [1.54, 1.807) is 30.3 Å². The summed E-state index contributed by atoms with van der Waals surface area (Å²) in [4.78, 5) is 0. The van der Waals surface area contributed by atoms with Crippen molar-refractivity contribution in [2.75, 3.05) is 6.61 Å². The number of benzene rings is 1. The van der Waals surface area contributed by atoms with Crippen molar-refractivity contribution in [3.8, 4) is 0 Å². The van der Waals surface area contributed by atoms with Crippen molar-refractivity contribution in [3.63, 3.8) is 0 Å². The van der Waals surface area contributed by atoms with Crippen LogP contribution in [0.4, 0.5) is 26.3 Å². The monoisotopic (exact) mass is 328 g/mol. The van der Waals surface area contributed by atoms with Crippen LogP contribution in [0.25, 0.3) is 0 Å². The van der Waals surface area contributed by atoms with Crippen LogP contribution in [-0.4, -0.2) is 35.3 Å². The zero-order valence-electron chi connectivity index (χ0n) is 11.3. The van der Waals surface area contributed by atoms with Gasteiger partial charge in [0.25, 0.3) is 5.60 Å². The third-order valence-corrected chi connectivity index (χ3v) is 3.80. The van der Waals surface area contributed by atoms with Gasteiger partial charge in [0.05, 0.1) is 12.2 Å². The molecule has 0 spiro atoms. The zero-order valence-corrected chi connectivity index (χ0v) is 11.3. The van der Waals surface area contributed by atoms with Crippen LogP contribution < -0.4 is 0 Å². The maximum absolute atomic E-state index is 12.9. The summed E-state index contributed by atoms with van der Waals surface area (Å²) in [5, 5.41) is 10.1. The molecule has 0 bridgehead atoms. The Morgan fingerprint density at radius 1 is 1.00 bits per heavy atom. The molecule has 0 amide bonds. The molecule has 1 atom stereocenters. The highest BCUT2D eigenvalue weighted by atomic mass is 19.4. The Morgan fingerprint density at radius 2 is 1.55 bits per heavy atom. The van der Waals surface area contributed by atoms with Crippen molar-refractivity contribution in [2.24, 2.45) is 0 Å². The fraction of sp³-hybridized carbons (Fsp3) is 0.571. The molecule has 0 unspecified atom stereocenters. The first kappa shape index (κ1) is 17.1. The molecule has 8 heteroatoms. The van der Waals surface area contributed by atoms with Gasteiger partial charge in [-0.3, -0.25) is 0 Å². The summed E-state index contributed by atoms with van der Waals surface area (Å²) in [6.07, 6.45) is -12.9. The molecule has 1 N–H and O–H groups in total. The van der Waals surface area contributed by atoms with Crippen LogP contribution >= 0.6 is 0 Å². The van der Waals surface area contributed by atoms with E-state index in [2.05, 4.69) is 4.74 Å². The molecule has 124 valence electrons. The Morgan fingerprint density at radius 3 is 2.00 bits per heavy atom. The lowest BCUT2D eigenvalue weighted by atomic mass is 9.86. The predicted octanol–water partition coefficient (Wildman–Crippen LogP) is 3.63. The van der Waals surface area contributed by atoms with E-state index in [9.17, 15) is 31.4 Å². The van der Waals surface area contributed by atoms with E-state index < -0.39 is 36.6 Å². The zero-order chi connectivity index (χ0) is 16.6. The standard InChI is InChI=1S/C14H14F6O2/c15-13(16,17)12(14(18,19)20)8-11(21,9-22-12)7-6-10-4-2-1-3-5-10/h1-5,21H,6-9H2/t11-/m0/s1. The first-order chi connectivity index (χ1) is 9.99. The average molecular weight is 328 g/mol. The Labute approximate surface area is 122 Å². The molecule has 0 aliphatic carbocycles. The van der Waals surface area contributed by atoms with Gasteiger partial charge < -0.3 is 9.84 Å². The minimum Gasteiger partial charge on any atom is -0.387 e. The number of aliphatic hydroxyl groups is 1. The van der Waals surface area contributed by atoms with Crippen LogP contribution in [0.1, 0.15) is 18.4 Å². The molecule has 1 heterocycles. The summed E-state index contributed by atoms with van der Waals surface area (Å²) >= 11 is 0. The van der Waals surface area contributed by atoms with Crippen molar-refractivity contribution in [1.82, 2.24) is 0 Å². The van der Waals surface area contributed by atoms with Crippen LogP contribution in [0, 0.1) is 0 Å². The molecule has 1 aliphatic heterocycles. The minimum atomic E-state index is -5.64. The van der Waals surface area contributed by atoms with Gasteiger partial charge in [0.1, 0.15) is 0 Å². The molecule has 1 saturated heterocycles. The number of halogens is 6. The van der Waals surface area contributed by atoms with Crippen molar-refractivity contribution in [2.45, 2.75) is 42.8 Å². The highest BCUT2D eigenvalue weighted by Crippen LogP contribution is 2.54. The van der Waals surface area contributed by atoms with E-state index in [1.165, 1.54) is 0 Å². The Kier molecular flexibility index (Phi) is 4.20. The van der Waals surface area contributed by atoms with Gasteiger partial charge in [0, 0.05) is 6.42 Å². The maximum Gasteiger partial charge on any atom is 0.426 e. The van der Waals surface area contributed by atoms with Crippen molar-refractivity contribution < 1.29 is 36.2 Å². The van der Waals surface area contributed by atoms with Crippen molar-refractivity contribution in [3.05, 3.63) is 35.9 Å². The van der Waals surface area contributed by atoms with E-state index in [1.807, 2.05) is 0 Å². The summed E-state index contributed by atoms with van der Waals surface area (Å²) < 4.78 is 81.2. The van der Waals surface area contributed by atoms with Gasteiger partial charge >= 0.3 is 12.4 Å². The van der Waals surface area contributed by atoms with E-state index in [0.717, 1.165) is 0 Å². The van der Waals surface area contributed by atoms with Crippen LogP contribution in [0.5, 0.6) is 0 Å². The molecule has 1 fully saturated rings. The topological polar surface area (TPSA) is 29.5 Å². The smallest absolute Gasteiger partial charge is 0.387 e. The van der Waals surface area contributed by atoms with E-state index in [-0.39, 0.29) is 12.8 Å². The van der Waals surface area contributed by atoms with Crippen LogP contribution in [0.2, 0.25) is 0 Å². The fourth-order valence-electron chi connectivity index (χ4n) is 2.53. The second kappa shape index (κ2) is 5.42. The molecular formula is C14H14F6O2. The van der Waals surface area contributed by atoms with Gasteiger partial charge in [-0.1, -0.05) is 30.3 Å². The first-order valence-electron chi connectivity index (χ1n) is 6.53. The van der Waals surface area contributed by atoms with E-state index >= 15 is 0 Å². The first-order valence-corrected chi connectivity index (χ1v) is 6.53. The number of hydrogen-bond acceptors (Lipinski definition) is 2. The van der Waals surface area contributed by atoms with Gasteiger partial charge in [0.2, 0.25) is 0 Å². The molecule has 1 aliphatic rings. The molecule has 2 rings (SSSR count). The Hall–Kier alpha value is -1.28. The molecule has 1 aromatic rings. The number of aryl methyl sites for hydroxylation is 1. The van der Waals surface area contributed by atoms with Gasteiger partial charge in [0.15, 0.2) is 0 Å². The van der Waals surface area contributed by atoms with E-state index in [0.29, 0.717) is 5.56 Å². The lowest BCUT2D eigenvalue weighted by Gasteiger charge is -2.33. The summed E-state index contributed by atoms with van der Waals surface area (Å²) in [6, 6.07) is 8.48. The summed E-state index contributed by atoms with van der Waals surface area (Å²) in [6.45, 7) is -1.00. The third-order valence-electron chi connectivity index (χ3n) is 3.80. The highest BCUT2D eigenvalue weighted by molar-refractivity contribution is 5.16. The van der Waals surface area contributed by atoms with Gasteiger partial charge in [-0.15, -0.1) is 0 Å². The minimum absolute atomic E-state index is 0.159. The molecule has 0 saturated carbocycles. The number of ether oxygens (including phenoxy) is 1. The van der Waals surface area contributed by atoms with Gasteiger partial charge in [-0.05, 0) is 18.4 Å². The molecule has 2 nitrogen and oxygen atoms in total. The normalized spacial score (nSPS) is 25.4. The summed E-state index contributed by atoms with van der Waals surface area (Å²) in [5.74, 6) is 0. The number of rotatable bonds is 3. The fourth-order valence-corrected chi connectivity index (χ4v) is 2.53. The second-order valence-electron chi connectivity index (χ2n) is 5.50.